The Morgan fingerprint density at radius 1 is 0.828 bits per heavy atom. The van der Waals surface area contributed by atoms with Crippen LogP contribution in [0.3, 0.4) is 0 Å². The van der Waals surface area contributed by atoms with E-state index in [1.165, 1.54) is 32.1 Å². The van der Waals surface area contributed by atoms with E-state index >= 15 is 0 Å². The van der Waals surface area contributed by atoms with Gasteiger partial charge >= 0.3 is 0 Å². The van der Waals surface area contributed by atoms with Crippen LogP contribution < -0.4 is 0 Å². The zero-order valence-electron chi connectivity index (χ0n) is 17.9. The Morgan fingerprint density at radius 2 is 1.59 bits per heavy atom. The van der Waals surface area contributed by atoms with Crippen LogP contribution >= 0.6 is 0 Å². The van der Waals surface area contributed by atoms with E-state index in [0.29, 0.717) is 23.6 Å². The molecule has 3 rings (SSSR count). The van der Waals surface area contributed by atoms with Crippen LogP contribution in [0.2, 0.25) is 0 Å². The highest BCUT2D eigenvalue weighted by Gasteiger charge is 2.21. The molecule has 0 bridgehead atoms. The fraction of sp³-hybridized carbons (Fsp3) is 0.600. The summed E-state index contributed by atoms with van der Waals surface area (Å²) in [4.78, 5) is 0. The molecule has 1 aromatic heterocycles. The van der Waals surface area contributed by atoms with Crippen LogP contribution in [-0.4, -0.2) is 10.2 Å². The summed E-state index contributed by atoms with van der Waals surface area (Å²) in [7, 11) is 0. The molecular formula is C25H34F2N2. The van der Waals surface area contributed by atoms with Crippen LogP contribution in [-0.2, 0) is 12.8 Å². The third-order valence-corrected chi connectivity index (χ3v) is 6.56. The largest absolute Gasteiger partial charge is 0.203 e. The number of halogens is 2. The lowest BCUT2D eigenvalue weighted by Crippen LogP contribution is -2.14. The molecule has 0 atom stereocenters. The lowest BCUT2D eigenvalue weighted by Gasteiger charge is -2.27. The first-order chi connectivity index (χ1) is 14.1. The smallest absolute Gasteiger partial charge is 0.168 e. The molecule has 29 heavy (non-hydrogen) atoms. The van der Waals surface area contributed by atoms with Gasteiger partial charge in [-0.25, -0.2) is 8.78 Å². The predicted octanol–water partition coefficient (Wildman–Crippen LogP) is 7.30. The molecule has 1 aromatic carbocycles. The van der Waals surface area contributed by atoms with Crippen molar-refractivity contribution in [3.63, 3.8) is 0 Å². The van der Waals surface area contributed by atoms with Crippen molar-refractivity contribution in [3.8, 4) is 11.3 Å². The highest BCUT2D eigenvalue weighted by Crippen LogP contribution is 2.34. The average molecular weight is 401 g/mol. The van der Waals surface area contributed by atoms with Crippen molar-refractivity contribution in [1.29, 1.82) is 0 Å². The Kier molecular flexibility index (Phi) is 8.14. The van der Waals surface area contributed by atoms with E-state index < -0.39 is 11.6 Å². The Morgan fingerprint density at radius 3 is 2.24 bits per heavy atom. The van der Waals surface area contributed by atoms with Crippen LogP contribution in [0.25, 0.3) is 11.3 Å². The second kappa shape index (κ2) is 10.8. The Labute approximate surface area is 174 Å². The van der Waals surface area contributed by atoms with Crippen molar-refractivity contribution in [2.24, 2.45) is 11.8 Å². The molecule has 1 heterocycles. The van der Waals surface area contributed by atoms with Crippen molar-refractivity contribution in [2.75, 3.05) is 0 Å². The van der Waals surface area contributed by atoms with Crippen LogP contribution in [0.15, 0.2) is 24.3 Å². The van der Waals surface area contributed by atoms with Crippen LogP contribution in [0, 0.1) is 23.5 Å². The third-order valence-electron chi connectivity index (χ3n) is 6.56. The highest BCUT2D eigenvalue weighted by atomic mass is 19.2. The summed E-state index contributed by atoms with van der Waals surface area (Å²) in [6, 6.07) is 7.00. The first-order valence-corrected chi connectivity index (χ1v) is 11.4. The summed E-state index contributed by atoms with van der Waals surface area (Å²) >= 11 is 0. The molecule has 0 N–H and O–H groups in total. The molecule has 158 valence electrons. The maximum Gasteiger partial charge on any atom is 0.168 e. The summed E-state index contributed by atoms with van der Waals surface area (Å²) in [6.45, 7) is 4.42. The zero-order valence-corrected chi connectivity index (χ0v) is 17.9. The van der Waals surface area contributed by atoms with Crippen LogP contribution in [0.5, 0.6) is 0 Å². The molecule has 4 heteroatoms. The SMILES string of the molecule is CCCCCc1ccc(-c2ccc(CC[C@H]3CC[C@H](CC)CC3)c(F)c2F)nn1. The number of nitrogens with zero attached hydrogens (tertiary/aromatic N) is 2. The molecule has 0 aliphatic heterocycles. The molecule has 1 fully saturated rings. The maximum atomic E-state index is 14.7. The van der Waals surface area contributed by atoms with Gasteiger partial charge in [0.25, 0.3) is 0 Å². The highest BCUT2D eigenvalue weighted by molar-refractivity contribution is 5.60. The van der Waals surface area contributed by atoms with E-state index in [0.717, 1.165) is 43.7 Å². The normalized spacial score (nSPS) is 19.4. The van der Waals surface area contributed by atoms with Gasteiger partial charge in [0.2, 0.25) is 0 Å². The fourth-order valence-electron chi connectivity index (χ4n) is 4.46. The van der Waals surface area contributed by atoms with Crippen LogP contribution in [0.1, 0.15) is 82.9 Å². The standard InChI is InChI=1S/C25H34F2N2/c1-3-5-6-7-21-15-17-23(29-28-21)22-16-14-20(24(26)25(22)27)13-12-19-10-8-18(4-2)9-11-19/h14-19H,3-13H2,1-2H3/t18-,19-. The van der Waals surface area contributed by atoms with Gasteiger partial charge in [-0.3, -0.25) is 0 Å². The number of hydrogen-bond donors (Lipinski definition) is 0. The molecule has 1 saturated carbocycles. The minimum absolute atomic E-state index is 0.197. The topological polar surface area (TPSA) is 25.8 Å². The zero-order chi connectivity index (χ0) is 20.6. The summed E-state index contributed by atoms with van der Waals surface area (Å²) in [6.07, 6.45) is 12.1. The Balaban J connectivity index is 1.61. The molecule has 2 nitrogen and oxygen atoms in total. The Hall–Kier alpha value is -1.84. The molecule has 0 spiro atoms. The first-order valence-electron chi connectivity index (χ1n) is 11.4. The van der Waals surface area contributed by atoms with Crippen molar-refractivity contribution in [1.82, 2.24) is 10.2 Å². The van der Waals surface area contributed by atoms with E-state index in [4.69, 9.17) is 0 Å². The minimum Gasteiger partial charge on any atom is -0.203 e. The second-order valence-electron chi connectivity index (χ2n) is 8.60. The van der Waals surface area contributed by atoms with Gasteiger partial charge in [0, 0.05) is 5.56 Å². The van der Waals surface area contributed by atoms with Crippen molar-refractivity contribution >= 4 is 0 Å². The van der Waals surface area contributed by atoms with E-state index in [1.54, 1.807) is 18.2 Å². The molecule has 0 radical (unpaired) electrons. The first kappa shape index (κ1) is 21.9. The maximum absolute atomic E-state index is 14.7. The molecule has 0 saturated heterocycles. The predicted molar refractivity (Wildman–Crippen MR) is 115 cm³/mol. The van der Waals surface area contributed by atoms with Gasteiger partial charge in [-0.05, 0) is 61.3 Å². The van der Waals surface area contributed by atoms with E-state index in [9.17, 15) is 8.78 Å². The number of unbranched alkanes of at least 4 members (excludes halogenated alkanes) is 2. The van der Waals surface area contributed by atoms with Gasteiger partial charge < -0.3 is 0 Å². The molecule has 1 aliphatic carbocycles. The van der Waals surface area contributed by atoms with Gasteiger partial charge in [-0.2, -0.15) is 10.2 Å². The fourth-order valence-corrected chi connectivity index (χ4v) is 4.46. The van der Waals surface area contributed by atoms with Gasteiger partial charge in [0.05, 0.1) is 11.4 Å². The summed E-state index contributed by atoms with van der Waals surface area (Å²) < 4.78 is 29.4. The van der Waals surface area contributed by atoms with E-state index in [-0.39, 0.29) is 5.56 Å². The number of rotatable bonds is 9. The number of aryl methyl sites for hydroxylation is 2. The van der Waals surface area contributed by atoms with Gasteiger partial charge in [-0.1, -0.05) is 64.9 Å². The van der Waals surface area contributed by atoms with Crippen LogP contribution in [0.4, 0.5) is 8.78 Å². The van der Waals surface area contributed by atoms with Gasteiger partial charge in [0.1, 0.15) is 0 Å². The number of hydrogen-bond acceptors (Lipinski definition) is 2. The van der Waals surface area contributed by atoms with E-state index in [1.807, 2.05) is 6.07 Å². The quantitative estimate of drug-likeness (QED) is 0.413. The molecular weight excluding hydrogens is 366 g/mol. The lowest BCUT2D eigenvalue weighted by atomic mass is 9.78. The number of benzene rings is 1. The minimum atomic E-state index is -0.801. The average Bonchev–Trinajstić information content (AvgIpc) is 2.76. The molecule has 0 unspecified atom stereocenters. The Bertz CT molecular complexity index is 765. The summed E-state index contributed by atoms with van der Waals surface area (Å²) in [5.41, 5.74) is 1.97. The van der Waals surface area contributed by atoms with E-state index in [2.05, 4.69) is 24.0 Å². The monoisotopic (exact) mass is 400 g/mol. The number of aromatic nitrogens is 2. The van der Waals surface area contributed by atoms with Gasteiger partial charge in [0.15, 0.2) is 11.6 Å². The second-order valence-corrected chi connectivity index (χ2v) is 8.60. The summed E-state index contributed by atoms with van der Waals surface area (Å²) in [5.74, 6) is -0.0197. The van der Waals surface area contributed by atoms with Crippen molar-refractivity contribution in [2.45, 2.75) is 84.5 Å². The molecule has 1 aliphatic rings. The third kappa shape index (κ3) is 5.83. The van der Waals surface area contributed by atoms with Crippen molar-refractivity contribution < 1.29 is 8.78 Å². The summed E-state index contributed by atoms with van der Waals surface area (Å²) in [5, 5.41) is 8.33. The van der Waals surface area contributed by atoms with Gasteiger partial charge in [-0.15, -0.1) is 0 Å². The molecule has 0 amide bonds. The molecule has 2 aromatic rings. The lowest BCUT2D eigenvalue weighted by molar-refractivity contribution is 0.258. The van der Waals surface area contributed by atoms with Crippen molar-refractivity contribution in [3.05, 3.63) is 47.2 Å².